The molecule has 1 aromatic rings. The van der Waals surface area contributed by atoms with Crippen molar-refractivity contribution in [2.45, 2.75) is 32.4 Å². The quantitative estimate of drug-likeness (QED) is 0.561. The molecule has 0 saturated heterocycles. The van der Waals surface area contributed by atoms with Gasteiger partial charge in [0.15, 0.2) is 5.78 Å². The smallest absolute Gasteiger partial charge is 0.157 e. The number of nitrogens with one attached hydrogen (secondary N) is 1. The summed E-state index contributed by atoms with van der Waals surface area (Å²) in [5, 5.41) is 11.2. The van der Waals surface area contributed by atoms with Crippen LogP contribution in [-0.2, 0) is 4.79 Å². The van der Waals surface area contributed by atoms with E-state index in [1.807, 2.05) is 27.1 Å². The largest absolute Gasteiger partial charge is 0.312 e. The zero-order valence-electron chi connectivity index (χ0n) is 10.9. The Hall–Kier alpha value is -0.735. The van der Waals surface area contributed by atoms with E-state index < -0.39 is 0 Å². The third kappa shape index (κ3) is 3.89. The molecular weight excluding hydrogens is 234 g/mol. The Balaban J connectivity index is 2.66. The molecule has 0 aliphatic rings. The lowest BCUT2D eigenvalue weighted by Crippen LogP contribution is -2.17. The van der Waals surface area contributed by atoms with Crippen LogP contribution in [0, 0.1) is 0 Å². The van der Waals surface area contributed by atoms with Crippen molar-refractivity contribution >= 4 is 21.8 Å². The van der Waals surface area contributed by atoms with Gasteiger partial charge in [-0.15, -0.1) is 5.10 Å². The van der Waals surface area contributed by atoms with Crippen LogP contribution in [0.25, 0.3) is 0 Å². The molecule has 1 rings (SSSR count). The predicted molar refractivity (Wildman–Crippen MR) is 73.6 cm³/mol. The van der Waals surface area contributed by atoms with E-state index in [2.05, 4.69) is 23.2 Å². The molecule has 0 fully saturated rings. The van der Waals surface area contributed by atoms with Gasteiger partial charge in [-0.25, -0.2) is 4.68 Å². The van der Waals surface area contributed by atoms with E-state index in [9.17, 15) is 4.79 Å². The van der Waals surface area contributed by atoms with E-state index in [1.165, 1.54) is 0 Å². The molecule has 1 aromatic heterocycles. The fraction of sp³-hybridized carbons (Fsp3) is 0.700. The predicted octanol–water partition coefficient (Wildman–Crippen LogP) is 0.305. The Morgan fingerprint density at radius 2 is 2.35 bits per heavy atom. The third-order valence-electron chi connectivity index (χ3n) is 2.89. The summed E-state index contributed by atoms with van der Waals surface area (Å²) < 4.78 is 1.66. The van der Waals surface area contributed by atoms with Gasteiger partial charge in [0, 0.05) is 12.5 Å². The van der Waals surface area contributed by atoms with Gasteiger partial charge in [0.05, 0.1) is 11.9 Å². The number of ketones is 1. The molecule has 0 aromatic carbocycles. The average Bonchev–Trinajstić information content (AvgIpc) is 2.83. The van der Waals surface area contributed by atoms with Gasteiger partial charge in [0.1, 0.15) is 13.6 Å². The zero-order valence-corrected chi connectivity index (χ0v) is 11.9. The van der Waals surface area contributed by atoms with Crippen LogP contribution >= 0.6 is 8.46 Å². The van der Waals surface area contributed by atoms with Crippen molar-refractivity contribution in [2.75, 3.05) is 13.2 Å². The van der Waals surface area contributed by atoms with Crippen LogP contribution in [0.4, 0.5) is 0 Å². The van der Waals surface area contributed by atoms with E-state index in [4.69, 9.17) is 0 Å². The van der Waals surface area contributed by atoms with Crippen LogP contribution in [0.5, 0.6) is 0 Å². The summed E-state index contributed by atoms with van der Waals surface area (Å²) in [7, 11) is 4.81. The Morgan fingerprint density at radius 3 is 2.94 bits per heavy atom. The maximum atomic E-state index is 11.9. The van der Waals surface area contributed by atoms with Crippen LogP contribution in [0.1, 0.15) is 38.0 Å². The molecule has 0 radical (unpaired) electrons. The Labute approximate surface area is 105 Å². The second kappa shape index (κ2) is 6.87. The maximum Gasteiger partial charge on any atom is 0.157 e. The van der Waals surface area contributed by atoms with Crippen LogP contribution in [0.2, 0.25) is 0 Å². The minimum atomic E-state index is -0.211. The Bertz CT molecular complexity index is 371. The highest BCUT2D eigenvalue weighted by Gasteiger charge is 2.17. The monoisotopic (exact) mass is 254 g/mol. The highest BCUT2D eigenvalue weighted by atomic mass is 31.1. The third-order valence-corrected chi connectivity index (χ3v) is 3.64. The molecule has 1 N–H and O–H groups in total. The average molecular weight is 254 g/mol. The van der Waals surface area contributed by atoms with Gasteiger partial charge < -0.3 is 5.32 Å². The number of Topliss-reactive ketones (excluding diaryl/α,β-unsaturated/α-hetero) is 1. The van der Waals surface area contributed by atoms with E-state index in [-0.39, 0.29) is 17.9 Å². The molecule has 0 spiro atoms. The topological polar surface area (TPSA) is 59.8 Å². The highest BCUT2D eigenvalue weighted by Crippen LogP contribution is 2.14. The summed E-state index contributed by atoms with van der Waals surface area (Å²) in [6, 6.07) is -0.0557. The molecular formula is C10H20BN4OP. The number of rotatable bonds is 7. The highest BCUT2D eigenvalue weighted by molar-refractivity contribution is 7.66. The van der Waals surface area contributed by atoms with Gasteiger partial charge >= 0.3 is 0 Å². The van der Waals surface area contributed by atoms with Crippen LogP contribution in [0.3, 0.4) is 0 Å². The molecule has 1 heterocycles. The first kappa shape index (κ1) is 14.3. The maximum absolute atomic E-state index is 11.9. The standard InChI is InChI=1S/C10H20BN4OP/c1-7(12-3)9-6-15(14-13-9)8(2)10(16)4-5-17-11/h6-8,12,17H,4-5,11H2,1-3H3. The first-order valence-corrected chi connectivity index (χ1v) is 7.57. The molecule has 0 aliphatic carbocycles. The zero-order chi connectivity index (χ0) is 12.8. The molecule has 17 heavy (non-hydrogen) atoms. The number of nitrogens with zero attached hydrogens (tertiary/aromatic N) is 3. The first-order valence-electron chi connectivity index (χ1n) is 5.86. The summed E-state index contributed by atoms with van der Waals surface area (Å²) in [5.74, 6) is 0.230. The first-order chi connectivity index (χ1) is 8.10. The van der Waals surface area contributed by atoms with Gasteiger partial charge in [0.2, 0.25) is 0 Å². The molecule has 7 heteroatoms. The molecule has 0 aliphatic heterocycles. The van der Waals surface area contributed by atoms with Crippen LogP contribution < -0.4 is 5.32 Å². The normalized spacial score (nSPS) is 15.2. The number of hydrogen-bond acceptors (Lipinski definition) is 4. The van der Waals surface area contributed by atoms with Crippen molar-refractivity contribution in [1.29, 1.82) is 0 Å². The minimum absolute atomic E-state index is 0.156. The van der Waals surface area contributed by atoms with E-state index in [0.717, 1.165) is 20.3 Å². The fourth-order valence-corrected chi connectivity index (χ4v) is 1.93. The van der Waals surface area contributed by atoms with Crippen molar-refractivity contribution in [3.63, 3.8) is 0 Å². The van der Waals surface area contributed by atoms with E-state index in [1.54, 1.807) is 4.68 Å². The molecule has 94 valence electrons. The van der Waals surface area contributed by atoms with Gasteiger partial charge in [-0.3, -0.25) is 4.79 Å². The van der Waals surface area contributed by atoms with Crippen molar-refractivity contribution in [2.24, 2.45) is 0 Å². The number of aromatic nitrogens is 3. The molecule has 0 bridgehead atoms. The molecule has 0 saturated carbocycles. The lowest BCUT2D eigenvalue weighted by molar-refractivity contribution is -0.121. The number of carbonyl (C=O) groups excluding carboxylic acids is 1. The van der Waals surface area contributed by atoms with Gasteiger partial charge in [-0.2, -0.15) is 8.46 Å². The summed E-state index contributed by atoms with van der Waals surface area (Å²) in [5.41, 5.74) is 0.865. The molecule has 5 nitrogen and oxygen atoms in total. The number of hydrogen-bond donors (Lipinski definition) is 1. The molecule has 3 atom stereocenters. The van der Waals surface area contributed by atoms with Crippen molar-refractivity contribution in [3.05, 3.63) is 11.9 Å². The van der Waals surface area contributed by atoms with Crippen LogP contribution in [-0.4, -0.2) is 41.6 Å². The van der Waals surface area contributed by atoms with E-state index in [0.29, 0.717) is 6.42 Å². The second-order valence-corrected chi connectivity index (χ2v) is 5.34. The Morgan fingerprint density at radius 1 is 1.65 bits per heavy atom. The fourth-order valence-electron chi connectivity index (χ4n) is 1.43. The summed E-state index contributed by atoms with van der Waals surface area (Å²) in [4.78, 5) is 11.9. The number of carbonyl (C=O) groups is 1. The Kier molecular flexibility index (Phi) is 5.79. The van der Waals surface area contributed by atoms with Crippen LogP contribution in [0.15, 0.2) is 6.20 Å². The lowest BCUT2D eigenvalue weighted by atomic mass is 10.2. The summed E-state index contributed by atoms with van der Waals surface area (Å²) in [6.45, 7) is 3.89. The van der Waals surface area contributed by atoms with Crippen molar-refractivity contribution < 1.29 is 4.79 Å². The van der Waals surface area contributed by atoms with Crippen molar-refractivity contribution in [3.8, 4) is 0 Å². The van der Waals surface area contributed by atoms with Gasteiger partial charge in [0.25, 0.3) is 0 Å². The molecule has 0 amide bonds. The van der Waals surface area contributed by atoms with Gasteiger partial charge in [-0.05, 0) is 27.1 Å². The SMILES string of the molecule is BPCCC(=O)C(C)n1cc(C(C)NC)nn1. The van der Waals surface area contributed by atoms with Crippen molar-refractivity contribution in [1.82, 2.24) is 20.3 Å². The lowest BCUT2D eigenvalue weighted by Gasteiger charge is -2.09. The van der Waals surface area contributed by atoms with E-state index >= 15 is 0 Å². The van der Waals surface area contributed by atoms with Gasteiger partial charge in [-0.1, -0.05) is 5.21 Å². The summed E-state index contributed by atoms with van der Waals surface area (Å²) in [6.07, 6.45) is 3.45. The summed E-state index contributed by atoms with van der Waals surface area (Å²) >= 11 is 0. The minimum Gasteiger partial charge on any atom is -0.312 e. The molecule has 3 unspecified atom stereocenters. The second-order valence-electron chi connectivity index (χ2n) is 4.13.